The van der Waals surface area contributed by atoms with Crippen molar-refractivity contribution >= 4 is 29.9 Å². The molecule has 1 atom stereocenters. The molecule has 1 aliphatic rings. The summed E-state index contributed by atoms with van der Waals surface area (Å²) in [6.45, 7) is 8.52. The molecule has 3 rings (SSSR count). The van der Waals surface area contributed by atoms with Crippen LogP contribution in [0.15, 0.2) is 35.6 Å². The second-order valence-corrected chi connectivity index (χ2v) is 7.22. The molecule has 1 saturated heterocycles. The number of aryl methyl sites for hydroxylation is 2. The second kappa shape index (κ2) is 12.0. The van der Waals surface area contributed by atoms with Crippen LogP contribution in [-0.4, -0.2) is 42.1 Å². The van der Waals surface area contributed by atoms with Crippen molar-refractivity contribution in [3.63, 3.8) is 0 Å². The SMILES string of the molecule is CCNC(=NCc1cnn(C)c1)NCc1ccc(C)cc1OCC1CCOC1.I. The normalized spacial score (nSPS) is 16.4. The molecule has 0 amide bonds. The minimum Gasteiger partial charge on any atom is -0.493 e. The first-order chi connectivity index (χ1) is 13.6. The molecule has 0 aliphatic carbocycles. The smallest absolute Gasteiger partial charge is 0.191 e. The van der Waals surface area contributed by atoms with Crippen molar-refractivity contribution in [1.82, 2.24) is 20.4 Å². The van der Waals surface area contributed by atoms with Crippen LogP contribution < -0.4 is 15.4 Å². The van der Waals surface area contributed by atoms with Crippen molar-refractivity contribution in [2.45, 2.75) is 33.4 Å². The van der Waals surface area contributed by atoms with Crippen LogP contribution in [0.4, 0.5) is 0 Å². The summed E-state index contributed by atoms with van der Waals surface area (Å²) in [5.74, 6) is 2.20. The van der Waals surface area contributed by atoms with Gasteiger partial charge >= 0.3 is 0 Å². The zero-order valence-corrected chi connectivity index (χ0v) is 19.8. The third-order valence-corrected chi connectivity index (χ3v) is 4.69. The Morgan fingerprint density at radius 2 is 2.24 bits per heavy atom. The Balaban J connectivity index is 0.00000300. The highest BCUT2D eigenvalue weighted by Crippen LogP contribution is 2.22. The minimum atomic E-state index is 0. The van der Waals surface area contributed by atoms with Gasteiger partial charge in [-0.15, -0.1) is 24.0 Å². The molecule has 1 aromatic heterocycles. The molecule has 160 valence electrons. The molecule has 1 aliphatic heterocycles. The zero-order valence-electron chi connectivity index (χ0n) is 17.5. The summed E-state index contributed by atoms with van der Waals surface area (Å²) >= 11 is 0. The average Bonchev–Trinajstić information content (AvgIpc) is 3.35. The van der Waals surface area contributed by atoms with E-state index < -0.39 is 0 Å². The molecule has 0 saturated carbocycles. The first-order valence-electron chi connectivity index (χ1n) is 9.94. The third kappa shape index (κ3) is 7.50. The third-order valence-electron chi connectivity index (χ3n) is 4.69. The van der Waals surface area contributed by atoms with E-state index in [1.807, 2.05) is 19.4 Å². The average molecular weight is 513 g/mol. The van der Waals surface area contributed by atoms with E-state index in [0.29, 0.717) is 25.6 Å². The molecule has 29 heavy (non-hydrogen) atoms. The fraction of sp³-hybridized carbons (Fsp3) is 0.524. The molecule has 2 aromatic rings. The molecule has 0 bridgehead atoms. The van der Waals surface area contributed by atoms with Crippen LogP contribution >= 0.6 is 24.0 Å². The summed E-state index contributed by atoms with van der Waals surface area (Å²) < 4.78 is 13.4. The predicted octanol–water partition coefficient (Wildman–Crippen LogP) is 3.02. The molecular formula is C21H32IN5O2. The highest BCUT2D eigenvalue weighted by molar-refractivity contribution is 14.0. The maximum absolute atomic E-state index is 6.13. The Morgan fingerprint density at radius 3 is 2.93 bits per heavy atom. The fourth-order valence-corrected chi connectivity index (χ4v) is 3.11. The van der Waals surface area contributed by atoms with Gasteiger partial charge in [0.15, 0.2) is 5.96 Å². The highest BCUT2D eigenvalue weighted by atomic mass is 127. The Morgan fingerprint density at radius 1 is 1.38 bits per heavy atom. The van der Waals surface area contributed by atoms with E-state index in [-0.39, 0.29) is 24.0 Å². The molecule has 1 aromatic carbocycles. The lowest BCUT2D eigenvalue weighted by Crippen LogP contribution is -2.36. The van der Waals surface area contributed by atoms with Crippen molar-refractivity contribution in [1.29, 1.82) is 0 Å². The first-order valence-corrected chi connectivity index (χ1v) is 9.94. The Bertz CT molecular complexity index is 787. The fourth-order valence-electron chi connectivity index (χ4n) is 3.11. The van der Waals surface area contributed by atoms with Crippen molar-refractivity contribution in [2.75, 3.05) is 26.4 Å². The predicted molar refractivity (Wildman–Crippen MR) is 126 cm³/mol. The summed E-state index contributed by atoms with van der Waals surface area (Å²) in [4.78, 5) is 4.65. The van der Waals surface area contributed by atoms with Crippen molar-refractivity contribution in [3.8, 4) is 5.75 Å². The van der Waals surface area contributed by atoms with Crippen LogP contribution in [0.5, 0.6) is 5.75 Å². The summed E-state index contributed by atoms with van der Waals surface area (Å²) in [7, 11) is 1.91. The van der Waals surface area contributed by atoms with Crippen LogP contribution in [0.2, 0.25) is 0 Å². The van der Waals surface area contributed by atoms with E-state index in [4.69, 9.17) is 9.47 Å². The van der Waals surface area contributed by atoms with Crippen LogP contribution in [0.25, 0.3) is 0 Å². The summed E-state index contributed by atoms with van der Waals surface area (Å²) in [5.41, 5.74) is 3.40. The molecule has 8 heteroatoms. The number of nitrogens with zero attached hydrogens (tertiary/aromatic N) is 3. The number of guanidine groups is 1. The lowest BCUT2D eigenvalue weighted by Gasteiger charge is -2.17. The molecular weight excluding hydrogens is 481 g/mol. The van der Waals surface area contributed by atoms with E-state index >= 15 is 0 Å². The van der Waals surface area contributed by atoms with Gasteiger partial charge in [0.05, 0.1) is 26.0 Å². The largest absolute Gasteiger partial charge is 0.493 e. The van der Waals surface area contributed by atoms with Gasteiger partial charge in [-0.25, -0.2) is 4.99 Å². The lowest BCUT2D eigenvalue weighted by atomic mass is 10.1. The van der Waals surface area contributed by atoms with Gasteiger partial charge in [-0.1, -0.05) is 12.1 Å². The van der Waals surface area contributed by atoms with Gasteiger partial charge < -0.3 is 20.1 Å². The van der Waals surface area contributed by atoms with Gasteiger partial charge in [0.1, 0.15) is 5.75 Å². The molecule has 1 unspecified atom stereocenters. The maximum Gasteiger partial charge on any atom is 0.191 e. The quantitative estimate of drug-likeness (QED) is 0.323. The Kier molecular flexibility index (Phi) is 9.72. The van der Waals surface area contributed by atoms with Gasteiger partial charge in [-0.05, 0) is 31.9 Å². The van der Waals surface area contributed by atoms with Crippen LogP contribution in [0.3, 0.4) is 0 Å². The van der Waals surface area contributed by atoms with Crippen LogP contribution in [-0.2, 0) is 24.9 Å². The number of halogens is 1. The number of rotatable bonds is 8. The molecule has 0 spiro atoms. The highest BCUT2D eigenvalue weighted by Gasteiger charge is 2.17. The number of hydrogen-bond acceptors (Lipinski definition) is 4. The number of aromatic nitrogens is 2. The van der Waals surface area contributed by atoms with Gasteiger partial charge in [-0.2, -0.15) is 5.10 Å². The van der Waals surface area contributed by atoms with E-state index in [1.54, 1.807) is 4.68 Å². The van der Waals surface area contributed by atoms with Crippen molar-refractivity contribution in [3.05, 3.63) is 47.3 Å². The summed E-state index contributed by atoms with van der Waals surface area (Å²) in [6.07, 6.45) is 4.89. The van der Waals surface area contributed by atoms with Gasteiger partial charge in [0.25, 0.3) is 0 Å². The molecule has 7 nitrogen and oxygen atoms in total. The minimum absolute atomic E-state index is 0. The molecule has 2 heterocycles. The number of nitrogens with one attached hydrogen (secondary N) is 2. The topological polar surface area (TPSA) is 72.7 Å². The number of aliphatic imine (C=N–C) groups is 1. The lowest BCUT2D eigenvalue weighted by molar-refractivity contribution is 0.166. The van der Waals surface area contributed by atoms with E-state index in [0.717, 1.165) is 49.0 Å². The molecule has 1 fully saturated rings. The Labute approximate surface area is 190 Å². The van der Waals surface area contributed by atoms with Crippen molar-refractivity contribution in [2.24, 2.45) is 18.0 Å². The van der Waals surface area contributed by atoms with Gasteiger partial charge in [-0.3, -0.25) is 4.68 Å². The standard InChI is InChI=1S/C21H31N5O2.HI/c1-4-22-21(23-10-18-11-25-26(3)13-18)24-12-19-6-5-16(2)9-20(19)28-15-17-7-8-27-14-17;/h5-6,9,11,13,17H,4,7-8,10,12,14-15H2,1-3H3,(H2,22,23,24);1H. The molecule has 2 N–H and O–H groups in total. The summed E-state index contributed by atoms with van der Waals surface area (Å²) in [6, 6.07) is 6.34. The molecule has 0 radical (unpaired) electrons. The number of ether oxygens (including phenoxy) is 2. The number of benzene rings is 1. The second-order valence-electron chi connectivity index (χ2n) is 7.22. The Hall–Kier alpha value is -1.81. The zero-order chi connectivity index (χ0) is 19.8. The van der Waals surface area contributed by atoms with Crippen LogP contribution in [0, 0.1) is 12.8 Å². The monoisotopic (exact) mass is 513 g/mol. The van der Waals surface area contributed by atoms with Gasteiger partial charge in [0, 0.05) is 50.0 Å². The van der Waals surface area contributed by atoms with E-state index in [2.05, 4.69) is 52.8 Å². The summed E-state index contributed by atoms with van der Waals surface area (Å²) in [5, 5.41) is 10.9. The first kappa shape index (κ1) is 23.5. The number of hydrogen-bond donors (Lipinski definition) is 2. The van der Waals surface area contributed by atoms with Gasteiger partial charge in [0.2, 0.25) is 0 Å². The van der Waals surface area contributed by atoms with Crippen molar-refractivity contribution < 1.29 is 9.47 Å². The maximum atomic E-state index is 6.13. The van der Waals surface area contributed by atoms with E-state index in [1.165, 1.54) is 5.56 Å². The van der Waals surface area contributed by atoms with Crippen LogP contribution in [0.1, 0.15) is 30.0 Å². The van der Waals surface area contributed by atoms with E-state index in [9.17, 15) is 0 Å².